The van der Waals surface area contributed by atoms with Crippen LogP contribution in [0.1, 0.15) is 455 Å². The average Bonchev–Trinajstić information content (AvgIpc) is 0.799. The lowest BCUT2D eigenvalue weighted by Crippen LogP contribution is -2.04. The Balaban J connectivity index is 2.11. The molecule has 6 nitrogen and oxygen atoms in total. The van der Waals surface area contributed by atoms with Gasteiger partial charge in [0.1, 0.15) is 34.5 Å². The first-order valence-corrected chi connectivity index (χ1v) is 44.3. The van der Waals surface area contributed by atoms with Crippen LogP contribution in [-0.2, 0) is 0 Å². The third-order valence-corrected chi connectivity index (χ3v) is 20.5. The predicted molar refractivity (Wildman–Crippen MR) is 443 cm³/mol. The fourth-order valence-electron chi connectivity index (χ4n) is 13.7. The Morgan fingerprint density at radius 2 is 0.373 bits per heavy atom. The van der Waals surface area contributed by atoms with Gasteiger partial charge in [0.15, 0.2) is 0 Å². The van der Waals surface area contributed by atoms with E-state index in [1.165, 1.54) is 321 Å². The van der Waals surface area contributed by atoms with Gasteiger partial charge in [0.25, 0.3) is 0 Å². The molecule has 102 heavy (non-hydrogen) atoms. The number of benzene rings is 3. The van der Waals surface area contributed by atoms with E-state index >= 15 is 0 Å². The molecule has 0 atom stereocenters. The number of ether oxygens (including phenoxy) is 6. The minimum Gasteiger partial charge on any atom is -0.494 e. The van der Waals surface area contributed by atoms with Crippen LogP contribution in [-0.4, -0.2) is 39.6 Å². The molecule has 3 aromatic carbocycles. The molecule has 0 aliphatic heterocycles. The summed E-state index contributed by atoms with van der Waals surface area (Å²) in [4.78, 5) is 0. The van der Waals surface area contributed by atoms with Gasteiger partial charge in [0.2, 0.25) is 0 Å². The van der Waals surface area contributed by atoms with Crippen LogP contribution in [0.2, 0.25) is 0 Å². The third-order valence-electron chi connectivity index (χ3n) is 20.5. The standard InChI is InChI=1S/C96H158O6/c1-8-15-21-27-33-39-45-51-57-63-75-97-91-73-74-92(98-76-64-58-52-46-40-34-28-22-16-9-2)87(81-91)69-70-89-84-96(102-80-68-62-56-50-44-38-32-26-20-13-6)90(85-95(89)101-79-67-61-55-49-43-37-31-25-19-12-5)72-71-88-83-93(99-77-65-59-53-47-41-35-29-23-17-10-3)86(14-7)82-94(88)100-78-66-60-54-48-42-36-30-24-18-11-4/h7,73-74,81-85H,8-13,15-68,75-80H2,1-6H3. The van der Waals surface area contributed by atoms with Crippen LogP contribution in [0.15, 0.2) is 42.5 Å². The zero-order valence-electron chi connectivity index (χ0n) is 67.7. The molecule has 0 N–H and O–H groups in total. The van der Waals surface area contributed by atoms with Crippen LogP contribution in [0.25, 0.3) is 0 Å². The molecule has 0 saturated heterocycles. The van der Waals surface area contributed by atoms with Crippen LogP contribution in [0, 0.1) is 36.0 Å². The summed E-state index contributed by atoms with van der Waals surface area (Å²) in [5.41, 5.74) is 3.84. The molecular weight excluding hydrogens is 1250 g/mol. The zero-order chi connectivity index (χ0) is 72.7. The number of unbranched alkanes of at least 4 members (excludes halogenated alkanes) is 54. The summed E-state index contributed by atoms with van der Waals surface area (Å²) >= 11 is 0. The molecule has 0 heterocycles. The molecular formula is C96H158O6. The van der Waals surface area contributed by atoms with E-state index in [0.29, 0.717) is 62.5 Å². The van der Waals surface area contributed by atoms with Gasteiger partial charge in [-0.15, -0.1) is 6.42 Å². The van der Waals surface area contributed by atoms with E-state index in [1.807, 2.05) is 12.1 Å². The summed E-state index contributed by atoms with van der Waals surface area (Å²) in [6.45, 7) is 17.5. The smallest absolute Gasteiger partial charge is 0.136 e. The van der Waals surface area contributed by atoms with Crippen LogP contribution in [0.3, 0.4) is 0 Å². The first-order chi connectivity index (χ1) is 50.5. The zero-order valence-corrected chi connectivity index (χ0v) is 67.7. The fourth-order valence-corrected chi connectivity index (χ4v) is 13.7. The lowest BCUT2D eigenvalue weighted by molar-refractivity contribution is 0.294. The molecule has 0 aromatic heterocycles. The fraction of sp³-hybridized carbons (Fsp3) is 0.750. The molecule has 0 aliphatic carbocycles. The highest BCUT2D eigenvalue weighted by atomic mass is 16.5. The molecule has 0 unspecified atom stereocenters. The van der Waals surface area contributed by atoms with Crippen molar-refractivity contribution < 1.29 is 28.4 Å². The highest BCUT2D eigenvalue weighted by Gasteiger charge is 2.16. The maximum Gasteiger partial charge on any atom is 0.136 e. The van der Waals surface area contributed by atoms with Crippen LogP contribution >= 0.6 is 0 Å². The van der Waals surface area contributed by atoms with Crippen LogP contribution in [0.5, 0.6) is 34.5 Å². The SMILES string of the molecule is C#Cc1cc(OCCCCCCCCCCCC)c(C#Cc2cc(OCCCCCCCCCCCC)c(C#Cc3cc(OCCCCCCCCCCCC)ccc3OCCCCCCCCCCCC)cc2OCCCCCCCCCCCC)cc1OCCCCCCCCCCCC. The number of hydrogen-bond donors (Lipinski definition) is 0. The van der Waals surface area contributed by atoms with Gasteiger partial charge in [-0.2, -0.15) is 0 Å². The summed E-state index contributed by atoms with van der Waals surface area (Å²) in [5, 5.41) is 0. The van der Waals surface area contributed by atoms with Crippen molar-refractivity contribution in [1.29, 1.82) is 0 Å². The van der Waals surface area contributed by atoms with Crippen LogP contribution < -0.4 is 28.4 Å². The van der Waals surface area contributed by atoms with Gasteiger partial charge >= 0.3 is 0 Å². The third kappa shape index (κ3) is 49.8. The molecule has 3 rings (SSSR count). The number of terminal acetylenes is 1. The lowest BCUT2D eigenvalue weighted by Gasteiger charge is -2.15. The van der Waals surface area contributed by atoms with Gasteiger partial charge in [-0.25, -0.2) is 0 Å². The summed E-state index contributed by atoms with van der Waals surface area (Å²) in [6, 6.07) is 14.5. The van der Waals surface area contributed by atoms with Crippen molar-refractivity contribution in [3.63, 3.8) is 0 Å². The lowest BCUT2D eigenvalue weighted by atomic mass is 10.1. The van der Waals surface area contributed by atoms with E-state index in [4.69, 9.17) is 34.8 Å². The average molecular weight is 1410 g/mol. The summed E-state index contributed by atoms with van der Waals surface area (Å²) in [7, 11) is 0. The largest absolute Gasteiger partial charge is 0.494 e. The first-order valence-electron chi connectivity index (χ1n) is 44.3. The molecule has 0 radical (unpaired) electrons. The number of hydrogen-bond acceptors (Lipinski definition) is 6. The molecule has 0 aliphatic rings. The van der Waals surface area contributed by atoms with Crippen molar-refractivity contribution in [3.8, 4) is 70.5 Å². The molecule has 0 amide bonds. The van der Waals surface area contributed by atoms with Gasteiger partial charge in [0, 0.05) is 24.3 Å². The van der Waals surface area contributed by atoms with Gasteiger partial charge in [-0.3, -0.25) is 0 Å². The molecule has 3 aromatic rings. The second kappa shape index (κ2) is 69.2. The van der Waals surface area contributed by atoms with Gasteiger partial charge in [-0.05, 0) is 56.7 Å². The Morgan fingerprint density at radius 1 is 0.196 bits per heavy atom. The van der Waals surface area contributed by atoms with Crippen LogP contribution in [0.4, 0.5) is 0 Å². The summed E-state index contributed by atoms with van der Waals surface area (Å²) in [5.74, 6) is 22.0. The molecule has 0 spiro atoms. The van der Waals surface area contributed by atoms with E-state index in [2.05, 4.69) is 101 Å². The second-order valence-corrected chi connectivity index (χ2v) is 30.2. The van der Waals surface area contributed by atoms with Crippen molar-refractivity contribution in [3.05, 3.63) is 70.3 Å². The second-order valence-electron chi connectivity index (χ2n) is 30.2. The van der Waals surface area contributed by atoms with E-state index < -0.39 is 0 Å². The van der Waals surface area contributed by atoms with Crippen molar-refractivity contribution >= 4 is 0 Å². The Hall–Kier alpha value is -4.86. The Morgan fingerprint density at radius 3 is 0.598 bits per heavy atom. The molecule has 0 saturated carbocycles. The normalized spacial score (nSPS) is 11.1. The maximum atomic E-state index is 6.93. The van der Waals surface area contributed by atoms with Gasteiger partial charge in [-0.1, -0.05) is 418 Å². The van der Waals surface area contributed by atoms with Crippen molar-refractivity contribution in [1.82, 2.24) is 0 Å². The Kier molecular flexibility index (Phi) is 62.0. The topological polar surface area (TPSA) is 55.4 Å². The first kappa shape index (κ1) is 91.3. The van der Waals surface area contributed by atoms with E-state index in [0.717, 1.165) is 104 Å². The molecule has 578 valence electrons. The maximum absolute atomic E-state index is 6.93. The highest BCUT2D eigenvalue weighted by Crippen LogP contribution is 2.34. The Labute approximate surface area is 632 Å². The molecule has 0 bridgehead atoms. The van der Waals surface area contributed by atoms with Gasteiger partial charge in [0.05, 0.1) is 67.5 Å². The summed E-state index contributed by atoms with van der Waals surface area (Å²) in [6.07, 6.45) is 82.7. The van der Waals surface area contributed by atoms with Crippen molar-refractivity contribution in [2.45, 2.75) is 427 Å². The monoisotopic (exact) mass is 1410 g/mol. The minimum absolute atomic E-state index is 0.591. The predicted octanol–water partition coefficient (Wildman–Crippen LogP) is 30.3. The summed E-state index contributed by atoms with van der Waals surface area (Å²) < 4.78 is 40.4. The Bertz CT molecular complexity index is 2570. The van der Waals surface area contributed by atoms with E-state index in [9.17, 15) is 0 Å². The van der Waals surface area contributed by atoms with E-state index in [-0.39, 0.29) is 0 Å². The van der Waals surface area contributed by atoms with Crippen molar-refractivity contribution in [2.24, 2.45) is 0 Å². The molecule has 0 fully saturated rings. The van der Waals surface area contributed by atoms with E-state index in [1.54, 1.807) is 0 Å². The quantitative estimate of drug-likeness (QED) is 0.0415. The number of rotatable bonds is 72. The highest BCUT2D eigenvalue weighted by molar-refractivity contribution is 5.64. The van der Waals surface area contributed by atoms with Gasteiger partial charge < -0.3 is 28.4 Å². The molecule has 6 heteroatoms. The van der Waals surface area contributed by atoms with Crippen molar-refractivity contribution in [2.75, 3.05) is 39.6 Å². The minimum atomic E-state index is 0.591.